The summed E-state index contributed by atoms with van der Waals surface area (Å²) in [4.78, 5) is 16.9. The van der Waals surface area contributed by atoms with Gasteiger partial charge >= 0.3 is 11.9 Å². The SMILES string of the molecule is O=[N+]([O-])c1cnc(C(F)(F)F)cc1NCc1cccnc1. The van der Waals surface area contributed by atoms with Crippen LogP contribution in [-0.4, -0.2) is 14.9 Å². The summed E-state index contributed by atoms with van der Waals surface area (Å²) in [5, 5.41) is 13.4. The molecule has 2 aromatic rings. The van der Waals surface area contributed by atoms with Gasteiger partial charge in [0.2, 0.25) is 0 Å². The van der Waals surface area contributed by atoms with Crippen molar-refractivity contribution in [2.45, 2.75) is 12.7 Å². The molecule has 0 spiro atoms. The van der Waals surface area contributed by atoms with Gasteiger partial charge in [-0.3, -0.25) is 15.1 Å². The molecule has 0 aromatic carbocycles. The van der Waals surface area contributed by atoms with Gasteiger partial charge in [0.05, 0.1) is 4.92 Å². The monoisotopic (exact) mass is 298 g/mol. The quantitative estimate of drug-likeness (QED) is 0.693. The maximum Gasteiger partial charge on any atom is 0.433 e. The Balaban J connectivity index is 2.29. The molecular weight excluding hydrogens is 289 g/mol. The zero-order chi connectivity index (χ0) is 15.5. The molecule has 1 N–H and O–H groups in total. The molecule has 0 aliphatic carbocycles. The van der Waals surface area contributed by atoms with E-state index in [1.54, 1.807) is 18.3 Å². The van der Waals surface area contributed by atoms with Crippen LogP contribution in [0.4, 0.5) is 24.5 Å². The van der Waals surface area contributed by atoms with Crippen LogP contribution in [0.2, 0.25) is 0 Å². The van der Waals surface area contributed by atoms with Crippen LogP contribution in [0.3, 0.4) is 0 Å². The van der Waals surface area contributed by atoms with E-state index in [2.05, 4.69) is 15.3 Å². The van der Waals surface area contributed by atoms with E-state index in [9.17, 15) is 23.3 Å². The Kier molecular flexibility index (Phi) is 4.01. The van der Waals surface area contributed by atoms with Crippen LogP contribution in [0, 0.1) is 10.1 Å². The summed E-state index contributed by atoms with van der Waals surface area (Å²) in [7, 11) is 0. The van der Waals surface area contributed by atoms with E-state index in [0.717, 1.165) is 0 Å². The van der Waals surface area contributed by atoms with E-state index in [1.807, 2.05) is 0 Å². The molecule has 0 fully saturated rings. The van der Waals surface area contributed by atoms with Crippen molar-refractivity contribution in [3.05, 3.63) is 58.2 Å². The van der Waals surface area contributed by atoms with Crippen LogP contribution >= 0.6 is 0 Å². The van der Waals surface area contributed by atoms with Crippen molar-refractivity contribution in [1.82, 2.24) is 9.97 Å². The fraction of sp³-hybridized carbons (Fsp3) is 0.167. The number of nitrogens with zero attached hydrogens (tertiary/aromatic N) is 3. The Morgan fingerprint density at radius 3 is 2.67 bits per heavy atom. The summed E-state index contributed by atoms with van der Waals surface area (Å²) in [6, 6.07) is 3.96. The molecule has 2 aromatic heterocycles. The highest BCUT2D eigenvalue weighted by atomic mass is 19.4. The minimum absolute atomic E-state index is 0.107. The highest BCUT2D eigenvalue weighted by Crippen LogP contribution is 2.33. The smallest absolute Gasteiger partial charge is 0.375 e. The Morgan fingerprint density at radius 2 is 2.10 bits per heavy atom. The van der Waals surface area contributed by atoms with Crippen molar-refractivity contribution in [1.29, 1.82) is 0 Å². The molecule has 0 saturated carbocycles. The molecule has 0 amide bonds. The first-order chi connectivity index (χ1) is 9.88. The van der Waals surface area contributed by atoms with E-state index in [-0.39, 0.29) is 12.2 Å². The second-order valence-electron chi connectivity index (χ2n) is 4.06. The predicted octanol–water partition coefficient (Wildman–Crippen LogP) is 3.02. The molecular formula is C12H9F3N4O2. The van der Waals surface area contributed by atoms with Crippen molar-refractivity contribution in [2.24, 2.45) is 0 Å². The number of hydrogen-bond acceptors (Lipinski definition) is 5. The molecule has 0 saturated heterocycles. The van der Waals surface area contributed by atoms with Crippen LogP contribution < -0.4 is 5.32 Å². The van der Waals surface area contributed by atoms with Gasteiger partial charge in [-0.25, -0.2) is 4.98 Å². The minimum atomic E-state index is -4.67. The van der Waals surface area contributed by atoms with Gasteiger partial charge in [-0.1, -0.05) is 6.07 Å². The van der Waals surface area contributed by atoms with E-state index in [0.29, 0.717) is 17.8 Å². The number of nitrogens with one attached hydrogen (secondary N) is 1. The predicted molar refractivity (Wildman–Crippen MR) is 67.5 cm³/mol. The molecule has 6 nitrogen and oxygen atoms in total. The average molecular weight is 298 g/mol. The zero-order valence-corrected chi connectivity index (χ0v) is 10.5. The maximum absolute atomic E-state index is 12.6. The number of nitro groups is 1. The molecule has 2 heterocycles. The average Bonchev–Trinajstić information content (AvgIpc) is 2.45. The largest absolute Gasteiger partial charge is 0.433 e. The van der Waals surface area contributed by atoms with Crippen LogP contribution in [0.1, 0.15) is 11.3 Å². The van der Waals surface area contributed by atoms with Crippen molar-refractivity contribution >= 4 is 11.4 Å². The van der Waals surface area contributed by atoms with E-state index in [1.165, 1.54) is 6.20 Å². The lowest BCUT2D eigenvalue weighted by atomic mass is 10.2. The highest BCUT2D eigenvalue weighted by molar-refractivity contribution is 5.61. The summed E-state index contributed by atoms with van der Waals surface area (Å²) >= 11 is 0. The van der Waals surface area contributed by atoms with Gasteiger partial charge in [0.1, 0.15) is 17.6 Å². The maximum atomic E-state index is 12.6. The second-order valence-corrected chi connectivity index (χ2v) is 4.06. The van der Waals surface area contributed by atoms with Gasteiger partial charge in [0.25, 0.3) is 0 Å². The van der Waals surface area contributed by atoms with Crippen LogP contribution in [0.5, 0.6) is 0 Å². The lowest BCUT2D eigenvalue weighted by Gasteiger charge is -2.10. The van der Waals surface area contributed by atoms with Crippen molar-refractivity contribution < 1.29 is 18.1 Å². The van der Waals surface area contributed by atoms with Gasteiger partial charge in [0, 0.05) is 18.9 Å². The number of aromatic nitrogens is 2. The Morgan fingerprint density at radius 1 is 1.33 bits per heavy atom. The second kappa shape index (κ2) is 5.73. The van der Waals surface area contributed by atoms with E-state index < -0.39 is 22.5 Å². The third-order valence-corrected chi connectivity index (χ3v) is 2.58. The molecule has 0 radical (unpaired) electrons. The summed E-state index contributed by atoms with van der Waals surface area (Å²) < 4.78 is 37.8. The van der Waals surface area contributed by atoms with E-state index >= 15 is 0 Å². The summed E-state index contributed by atoms with van der Waals surface area (Å²) in [6.45, 7) is 0.107. The van der Waals surface area contributed by atoms with Gasteiger partial charge in [-0.15, -0.1) is 0 Å². The number of pyridine rings is 2. The number of alkyl halides is 3. The third kappa shape index (κ3) is 3.65. The van der Waals surface area contributed by atoms with Crippen LogP contribution in [0.15, 0.2) is 36.8 Å². The standard InChI is InChI=1S/C12H9F3N4O2/c13-12(14,15)11-4-9(10(7-18-11)19(20)21)17-6-8-2-1-3-16-5-8/h1-5,7H,6H2,(H,17,18). The van der Waals surface area contributed by atoms with Crippen molar-refractivity contribution in [3.8, 4) is 0 Å². The first kappa shape index (κ1) is 14.7. The Hall–Kier alpha value is -2.71. The molecule has 9 heteroatoms. The fourth-order valence-electron chi connectivity index (χ4n) is 1.59. The molecule has 0 aliphatic heterocycles. The Labute approximate surface area is 116 Å². The highest BCUT2D eigenvalue weighted by Gasteiger charge is 2.34. The summed E-state index contributed by atoms with van der Waals surface area (Å²) in [5.41, 5.74) is -1.28. The molecule has 21 heavy (non-hydrogen) atoms. The molecule has 110 valence electrons. The molecule has 0 bridgehead atoms. The van der Waals surface area contributed by atoms with Gasteiger partial charge < -0.3 is 5.32 Å². The third-order valence-electron chi connectivity index (χ3n) is 2.58. The van der Waals surface area contributed by atoms with Crippen LogP contribution in [0.25, 0.3) is 0 Å². The zero-order valence-electron chi connectivity index (χ0n) is 10.5. The van der Waals surface area contributed by atoms with Gasteiger partial charge in [0.15, 0.2) is 0 Å². The summed E-state index contributed by atoms with van der Waals surface area (Å²) in [6.07, 6.45) is -1.03. The number of rotatable bonds is 4. The summed E-state index contributed by atoms with van der Waals surface area (Å²) in [5.74, 6) is 0. The normalized spacial score (nSPS) is 11.2. The lowest BCUT2D eigenvalue weighted by Crippen LogP contribution is -2.11. The minimum Gasteiger partial charge on any atom is -0.375 e. The number of halogens is 3. The molecule has 0 atom stereocenters. The van der Waals surface area contributed by atoms with Crippen molar-refractivity contribution in [3.63, 3.8) is 0 Å². The first-order valence-corrected chi connectivity index (χ1v) is 5.72. The van der Waals surface area contributed by atoms with Crippen LogP contribution in [-0.2, 0) is 12.7 Å². The lowest BCUT2D eigenvalue weighted by molar-refractivity contribution is -0.384. The Bertz CT molecular complexity index is 647. The number of anilines is 1. The topological polar surface area (TPSA) is 81.0 Å². The van der Waals surface area contributed by atoms with Gasteiger partial charge in [-0.05, 0) is 17.7 Å². The van der Waals surface area contributed by atoms with E-state index in [4.69, 9.17) is 0 Å². The molecule has 0 unspecified atom stereocenters. The molecule has 0 aliphatic rings. The fourth-order valence-corrected chi connectivity index (χ4v) is 1.59. The van der Waals surface area contributed by atoms with Gasteiger partial charge in [-0.2, -0.15) is 13.2 Å². The first-order valence-electron chi connectivity index (χ1n) is 5.72. The van der Waals surface area contributed by atoms with Crippen molar-refractivity contribution in [2.75, 3.05) is 5.32 Å². The number of hydrogen-bond donors (Lipinski definition) is 1. The molecule has 2 rings (SSSR count).